The summed E-state index contributed by atoms with van der Waals surface area (Å²) in [7, 11) is 0. The summed E-state index contributed by atoms with van der Waals surface area (Å²) in [5.41, 5.74) is 1.28. The first-order valence-corrected chi connectivity index (χ1v) is 4.63. The van der Waals surface area contributed by atoms with Crippen molar-refractivity contribution in [1.82, 2.24) is 0 Å². The third-order valence-corrected chi connectivity index (χ3v) is 2.23. The Labute approximate surface area is 86.3 Å². The second-order valence-corrected chi connectivity index (χ2v) is 3.53. The Morgan fingerprint density at radius 2 is 2.00 bits per heavy atom. The maximum absolute atomic E-state index is 11.6. The summed E-state index contributed by atoms with van der Waals surface area (Å²) < 4.78 is 5.34. The van der Waals surface area contributed by atoms with E-state index in [0.717, 1.165) is 5.56 Å². The van der Waals surface area contributed by atoms with E-state index in [1.807, 2.05) is 13.0 Å². The van der Waals surface area contributed by atoms with E-state index in [2.05, 4.69) is 0 Å². The van der Waals surface area contributed by atoms with Crippen LogP contribution in [0.2, 0.25) is 0 Å². The Bertz CT molecular complexity index is 593. The highest BCUT2D eigenvalue weighted by Gasteiger charge is 2.07. The van der Waals surface area contributed by atoms with Gasteiger partial charge in [0, 0.05) is 13.0 Å². The van der Waals surface area contributed by atoms with Crippen molar-refractivity contribution in [2.24, 2.45) is 0 Å². The Balaban J connectivity index is 2.85. The topological polar surface area (TPSA) is 47.3 Å². The third-order valence-electron chi connectivity index (χ3n) is 2.23. The van der Waals surface area contributed by atoms with E-state index in [0.29, 0.717) is 11.0 Å². The second kappa shape index (κ2) is 3.35. The molecule has 0 unspecified atom stereocenters. The van der Waals surface area contributed by atoms with E-state index >= 15 is 0 Å². The molecule has 0 fully saturated rings. The van der Waals surface area contributed by atoms with Crippen LogP contribution in [0.25, 0.3) is 11.0 Å². The minimum atomic E-state index is -0.240. The van der Waals surface area contributed by atoms with Gasteiger partial charge in [0.2, 0.25) is 0 Å². The smallest absolute Gasteiger partial charge is 0.195 e. The molecule has 0 atom stereocenters. The molecular formula is C12H10O3. The minimum Gasteiger partial charge on any atom is -0.453 e. The Morgan fingerprint density at radius 1 is 1.27 bits per heavy atom. The molecule has 0 saturated heterocycles. The van der Waals surface area contributed by atoms with Gasteiger partial charge in [-0.3, -0.25) is 9.59 Å². The van der Waals surface area contributed by atoms with Crippen molar-refractivity contribution >= 4 is 16.8 Å². The summed E-state index contributed by atoms with van der Waals surface area (Å²) in [6.07, 6.45) is 0. The van der Waals surface area contributed by atoms with Gasteiger partial charge in [-0.1, -0.05) is 6.07 Å². The van der Waals surface area contributed by atoms with Gasteiger partial charge in [0.25, 0.3) is 0 Å². The Hall–Kier alpha value is -1.90. The molecule has 76 valence electrons. The number of rotatable bonds is 1. The molecule has 0 spiro atoms. The Kier molecular flexibility index (Phi) is 2.15. The standard InChI is InChI=1S/C12H10O3/c1-7-3-4-9-10(14)6-11(8(2)13)15-12(9)5-7/h3-6H,1-2H3. The van der Waals surface area contributed by atoms with Gasteiger partial charge in [-0.05, 0) is 24.6 Å². The fourth-order valence-corrected chi connectivity index (χ4v) is 1.44. The van der Waals surface area contributed by atoms with Gasteiger partial charge in [-0.25, -0.2) is 0 Å². The van der Waals surface area contributed by atoms with Crippen LogP contribution in [0.5, 0.6) is 0 Å². The highest BCUT2D eigenvalue weighted by atomic mass is 16.3. The van der Waals surface area contributed by atoms with E-state index in [-0.39, 0.29) is 17.0 Å². The third kappa shape index (κ3) is 1.68. The van der Waals surface area contributed by atoms with Crippen molar-refractivity contribution in [2.75, 3.05) is 0 Å². The predicted molar refractivity (Wildman–Crippen MR) is 57.2 cm³/mol. The molecule has 2 rings (SSSR count). The molecule has 3 nitrogen and oxygen atoms in total. The lowest BCUT2D eigenvalue weighted by atomic mass is 10.1. The molecule has 1 aromatic heterocycles. The fraction of sp³-hybridized carbons (Fsp3) is 0.167. The molecule has 0 aliphatic rings. The van der Waals surface area contributed by atoms with Gasteiger partial charge in [0.15, 0.2) is 17.0 Å². The van der Waals surface area contributed by atoms with Gasteiger partial charge in [-0.15, -0.1) is 0 Å². The largest absolute Gasteiger partial charge is 0.453 e. The normalized spacial score (nSPS) is 10.5. The number of hydrogen-bond acceptors (Lipinski definition) is 3. The number of carbonyl (C=O) groups is 1. The summed E-state index contributed by atoms with van der Waals surface area (Å²) >= 11 is 0. The van der Waals surface area contributed by atoms with Crippen molar-refractivity contribution in [3.05, 3.63) is 45.8 Å². The van der Waals surface area contributed by atoms with E-state index in [1.54, 1.807) is 12.1 Å². The lowest BCUT2D eigenvalue weighted by Gasteiger charge is -2.00. The van der Waals surface area contributed by atoms with E-state index in [1.165, 1.54) is 13.0 Å². The van der Waals surface area contributed by atoms with Crippen LogP contribution in [0, 0.1) is 6.92 Å². The van der Waals surface area contributed by atoms with Crippen LogP contribution in [0.3, 0.4) is 0 Å². The average Bonchev–Trinajstić information content (AvgIpc) is 2.16. The van der Waals surface area contributed by atoms with Crippen LogP contribution < -0.4 is 5.43 Å². The second-order valence-electron chi connectivity index (χ2n) is 3.53. The molecule has 0 aliphatic carbocycles. The molecule has 1 heterocycles. The van der Waals surface area contributed by atoms with Crippen LogP contribution in [-0.4, -0.2) is 5.78 Å². The molecule has 0 bridgehead atoms. The number of benzene rings is 1. The summed E-state index contributed by atoms with van der Waals surface area (Å²) in [6, 6.07) is 6.54. The minimum absolute atomic E-state index is 0.109. The van der Waals surface area contributed by atoms with Crippen LogP contribution >= 0.6 is 0 Å². The number of aryl methyl sites for hydroxylation is 1. The molecule has 2 aromatic rings. The van der Waals surface area contributed by atoms with Gasteiger partial charge in [0.05, 0.1) is 5.39 Å². The lowest BCUT2D eigenvalue weighted by Crippen LogP contribution is -2.04. The molecule has 0 saturated carbocycles. The zero-order chi connectivity index (χ0) is 11.0. The summed E-state index contributed by atoms with van der Waals surface area (Å²) in [5.74, 6) is -0.131. The number of ketones is 1. The monoisotopic (exact) mass is 202 g/mol. The maximum atomic E-state index is 11.6. The van der Waals surface area contributed by atoms with Crippen LogP contribution in [-0.2, 0) is 0 Å². The molecular weight excluding hydrogens is 192 g/mol. The molecule has 0 N–H and O–H groups in total. The first kappa shape index (κ1) is 9.65. The van der Waals surface area contributed by atoms with Crippen LogP contribution in [0.15, 0.2) is 33.5 Å². The van der Waals surface area contributed by atoms with Crippen molar-refractivity contribution in [3.8, 4) is 0 Å². The molecule has 3 heteroatoms. The zero-order valence-corrected chi connectivity index (χ0v) is 8.53. The molecule has 1 aromatic carbocycles. The lowest BCUT2D eigenvalue weighted by molar-refractivity contribution is 0.0988. The van der Waals surface area contributed by atoms with Crippen LogP contribution in [0.1, 0.15) is 23.0 Å². The first-order valence-electron chi connectivity index (χ1n) is 4.63. The summed E-state index contributed by atoms with van der Waals surface area (Å²) in [6.45, 7) is 3.28. The summed E-state index contributed by atoms with van der Waals surface area (Å²) in [4.78, 5) is 22.7. The fourth-order valence-electron chi connectivity index (χ4n) is 1.44. The summed E-state index contributed by atoms with van der Waals surface area (Å²) in [5, 5.41) is 0.505. The number of fused-ring (bicyclic) bond motifs is 1. The predicted octanol–water partition coefficient (Wildman–Crippen LogP) is 2.30. The average molecular weight is 202 g/mol. The van der Waals surface area contributed by atoms with Crippen molar-refractivity contribution in [1.29, 1.82) is 0 Å². The zero-order valence-electron chi connectivity index (χ0n) is 8.53. The first-order chi connectivity index (χ1) is 7.08. The van der Waals surface area contributed by atoms with E-state index < -0.39 is 0 Å². The van der Waals surface area contributed by atoms with Crippen molar-refractivity contribution in [3.63, 3.8) is 0 Å². The number of hydrogen-bond donors (Lipinski definition) is 0. The van der Waals surface area contributed by atoms with Crippen LogP contribution in [0.4, 0.5) is 0 Å². The van der Waals surface area contributed by atoms with E-state index in [9.17, 15) is 9.59 Å². The highest BCUT2D eigenvalue weighted by Crippen LogP contribution is 2.14. The number of Topliss-reactive ketones (excluding diaryl/α,β-unsaturated/α-hetero) is 1. The highest BCUT2D eigenvalue weighted by molar-refractivity contribution is 5.92. The molecule has 0 amide bonds. The van der Waals surface area contributed by atoms with E-state index in [4.69, 9.17) is 4.42 Å². The van der Waals surface area contributed by atoms with Crippen molar-refractivity contribution in [2.45, 2.75) is 13.8 Å². The Morgan fingerprint density at radius 3 is 2.67 bits per heavy atom. The SMILES string of the molecule is CC(=O)c1cc(=O)c2ccc(C)cc2o1. The van der Waals surface area contributed by atoms with Gasteiger partial charge in [-0.2, -0.15) is 0 Å². The molecule has 0 radical (unpaired) electrons. The quantitative estimate of drug-likeness (QED) is 0.666. The van der Waals surface area contributed by atoms with Gasteiger partial charge in [0.1, 0.15) is 5.58 Å². The molecule has 15 heavy (non-hydrogen) atoms. The molecule has 0 aliphatic heterocycles. The van der Waals surface area contributed by atoms with Gasteiger partial charge < -0.3 is 4.42 Å². The van der Waals surface area contributed by atoms with Gasteiger partial charge >= 0.3 is 0 Å². The number of carbonyl (C=O) groups excluding carboxylic acids is 1. The maximum Gasteiger partial charge on any atom is 0.195 e. The van der Waals surface area contributed by atoms with Crippen molar-refractivity contribution < 1.29 is 9.21 Å².